The molecular formula is C20H16Cl2N4O3. The Bertz CT molecular complexity index is 1330. The molecule has 148 valence electrons. The number of anilines is 1. The second-order valence-electron chi connectivity index (χ2n) is 6.24. The van der Waals surface area contributed by atoms with Crippen LogP contribution in [0.4, 0.5) is 5.69 Å². The Kier molecular flexibility index (Phi) is 4.94. The molecule has 0 aliphatic carbocycles. The highest BCUT2D eigenvalue weighted by atomic mass is 35.5. The zero-order valence-corrected chi connectivity index (χ0v) is 17.1. The Morgan fingerprint density at radius 1 is 1.24 bits per heavy atom. The van der Waals surface area contributed by atoms with Crippen LogP contribution in [0.15, 0.2) is 41.3 Å². The van der Waals surface area contributed by atoms with Crippen LogP contribution in [0.1, 0.15) is 17.4 Å². The van der Waals surface area contributed by atoms with Gasteiger partial charge in [-0.15, -0.1) is 0 Å². The first kappa shape index (κ1) is 19.3. The summed E-state index contributed by atoms with van der Waals surface area (Å²) >= 11 is 12.8. The molecule has 0 saturated carbocycles. The first-order valence-corrected chi connectivity index (χ1v) is 9.59. The molecule has 7 nitrogen and oxygen atoms in total. The smallest absolute Gasteiger partial charge is 0.360 e. The number of esters is 1. The maximum Gasteiger partial charge on any atom is 0.360 e. The van der Waals surface area contributed by atoms with Crippen molar-refractivity contribution in [2.45, 2.75) is 6.92 Å². The number of halogens is 2. The molecule has 4 rings (SSSR count). The van der Waals surface area contributed by atoms with Gasteiger partial charge in [-0.25, -0.2) is 9.78 Å². The molecule has 0 saturated heterocycles. The molecule has 0 bridgehead atoms. The van der Waals surface area contributed by atoms with Crippen molar-refractivity contribution in [3.63, 3.8) is 0 Å². The summed E-state index contributed by atoms with van der Waals surface area (Å²) in [4.78, 5) is 31.3. The van der Waals surface area contributed by atoms with Crippen molar-refractivity contribution in [3.05, 3.63) is 62.8 Å². The lowest BCUT2D eigenvalue weighted by Gasteiger charge is -2.11. The molecule has 0 radical (unpaired) electrons. The summed E-state index contributed by atoms with van der Waals surface area (Å²) in [6.07, 6.45) is 1.46. The van der Waals surface area contributed by atoms with Gasteiger partial charge in [-0.2, -0.15) is 0 Å². The number of carbonyl (C=O) groups excluding carboxylic acids is 1. The van der Waals surface area contributed by atoms with Crippen LogP contribution in [-0.4, -0.2) is 34.0 Å². The molecule has 2 N–H and O–H groups in total. The van der Waals surface area contributed by atoms with Crippen LogP contribution < -0.4 is 10.9 Å². The van der Waals surface area contributed by atoms with Crippen LogP contribution in [0, 0.1) is 0 Å². The van der Waals surface area contributed by atoms with Crippen molar-refractivity contribution in [1.82, 2.24) is 14.4 Å². The lowest BCUT2D eigenvalue weighted by Crippen LogP contribution is -2.06. The number of hydrogen-bond acceptors (Lipinski definition) is 5. The van der Waals surface area contributed by atoms with Gasteiger partial charge in [0.25, 0.3) is 5.56 Å². The van der Waals surface area contributed by atoms with Gasteiger partial charge in [0.1, 0.15) is 5.15 Å². The van der Waals surface area contributed by atoms with Crippen molar-refractivity contribution in [2.75, 3.05) is 19.0 Å². The summed E-state index contributed by atoms with van der Waals surface area (Å²) in [6.45, 7) is 1.93. The number of aromatic amines is 1. The fraction of sp³-hybridized carbons (Fsp3) is 0.150. The third kappa shape index (κ3) is 3.12. The third-order valence-corrected chi connectivity index (χ3v) is 5.26. The Balaban J connectivity index is 2.02. The Hall–Kier alpha value is -3.03. The molecule has 0 fully saturated rings. The molecule has 29 heavy (non-hydrogen) atoms. The number of aromatic nitrogens is 3. The summed E-state index contributed by atoms with van der Waals surface area (Å²) in [6, 6.07) is 8.99. The van der Waals surface area contributed by atoms with E-state index in [0.717, 1.165) is 5.56 Å². The minimum absolute atomic E-state index is 0.0349. The molecule has 0 spiro atoms. The van der Waals surface area contributed by atoms with Gasteiger partial charge in [-0.05, 0) is 36.8 Å². The average molecular weight is 431 g/mol. The van der Waals surface area contributed by atoms with E-state index in [2.05, 4.69) is 15.3 Å². The van der Waals surface area contributed by atoms with Gasteiger partial charge in [-0.3, -0.25) is 9.20 Å². The van der Waals surface area contributed by atoms with Gasteiger partial charge in [0.05, 0.1) is 23.0 Å². The number of benzene rings is 1. The molecule has 0 aliphatic heterocycles. The number of nitrogens with one attached hydrogen (secondary N) is 2. The van der Waals surface area contributed by atoms with Crippen molar-refractivity contribution >= 4 is 51.3 Å². The lowest BCUT2D eigenvalue weighted by molar-refractivity contribution is 0.0520. The van der Waals surface area contributed by atoms with E-state index in [1.54, 1.807) is 36.6 Å². The Morgan fingerprint density at radius 2 is 2.03 bits per heavy atom. The zero-order chi connectivity index (χ0) is 20.7. The largest absolute Gasteiger partial charge is 0.461 e. The zero-order valence-electron chi connectivity index (χ0n) is 15.5. The van der Waals surface area contributed by atoms with Crippen LogP contribution in [0.5, 0.6) is 0 Å². The van der Waals surface area contributed by atoms with Crippen LogP contribution in [0.25, 0.3) is 27.7 Å². The molecule has 0 unspecified atom stereocenters. The SMILES string of the molecule is CCOC(=O)c1nc2c(NC)ccc(-c3ccc4c(=O)[nH]cc(Cl)c4c3)n2c1Cl. The summed E-state index contributed by atoms with van der Waals surface area (Å²) in [5.41, 5.74) is 2.43. The van der Waals surface area contributed by atoms with Crippen LogP contribution in [0.2, 0.25) is 10.2 Å². The maximum absolute atomic E-state index is 12.3. The number of carbonyl (C=O) groups is 1. The van der Waals surface area contributed by atoms with Crippen molar-refractivity contribution < 1.29 is 9.53 Å². The summed E-state index contributed by atoms with van der Waals surface area (Å²) in [7, 11) is 1.75. The topological polar surface area (TPSA) is 88.5 Å². The number of H-pyrrole nitrogens is 1. The predicted molar refractivity (Wildman–Crippen MR) is 114 cm³/mol. The number of nitrogens with zero attached hydrogens (tertiary/aromatic N) is 2. The van der Waals surface area contributed by atoms with Gasteiger partial charge >= 0.3 is 5.97 Å². The minimum atomic E-state index is -0.595. The Labute approximate surface area is 175 Å². The van der Waals surface area contributed by atoms with Gasteiger partial charge in [-0.1, -0.05) is 29.3 Å². The summed E-state index contributed by atoms with van der Waals surface area (Å²) in [5, 5.41) is 4.70. The number of ether oxygens (including phenoxy) is 1. The molecule has 9 heteroatoms. The third-order valence-electron chi connectivity index (χ3n) is 4.60. The predicted octanol–water partition coefficient (Wildman–Crippen LogP) is 4.37. The van der Waals surface area contributed by atoms with Crippen molar-refractivity contribution in [3.8, 4) is 11.3 Å². The summed E-state index contributed by atoms with van der Waals surface area (Å²) < 4.78 is 6.74. The number of imidazole rings is 1. The highest BCUT2D eigenvalue weighted by molar-refractivity contribution is 6.35. The van der Waals surface area contributed by atoms with E-state index in [4.69, 9.17) is 27.9 Å². The van der Waals surface area contributed by atoms with Crippen LogP contribution >= 0.6 is 23.2 Å². The lowest BCUT2D eigenvalue weighted by atomic mass is 10.1. The van der Waals surface area contributed by atoms with E-state index in [9.17, 15) is 9.59 Å². The first-order valence-electron chi connectivity index (χ1n) is 8.83. The fourth-order valence-electron chi connectivity index (χ4n) is 3.25. The Morgan fingerprint density at radius 3 is 2.76 bits per heavy atom. The normalized spacial score (nSPS) is 11.2. The number of hydrogen-bond donors (Lipinski definition) is 2. The van der Waals surface area contributed by atoms with E-state index < -0.39 is 5.97 Å². The molecule has 0 aliphatic rings. The molecule has 3 heterocycles. The molecular weight excluding hydrogens is 415 g/mol. The van der Waals surface area contributed by atoms with Gasteiger partial charge in [0.15, 0.2) is 11.3 Å². The average Bonchev–Trinajstić information content (AvgIpc) is 3.08. The standard InChI is InChI=1S/C20H16Cl2N4O3/c1-3-29-20(28)16-17(22)26-15(7-6-14(23-2)18(26)25-16)10-4-5-11-12(8-10)13(21)9-24-19(11)27/h4-9,23H,3H2,1-2H3,(H,24,27). The molecule has 3 aromatic heterocycles. The second-order valence-corrected chi connectivity index (χ2v) is 7.00. The summed E-state index contributed by atoms with van der Waals surface area (Å²) in [5.74, 6) is -0.595. The van der Waals surface area contributed by atoms with E-state index >= 15 is 0 Å². The fourth-order valence-corrected chi connectivity index (χ4v) is 3.75. The minimum Gasteiger partial charge on any atom is -0.461 e. The molecule has 4 aromatic rings. The molecule has 1 aromatic carbocycles. The highest BCUT2D eigenvalue weighted by Gasteiger charge is 2.22. The number of pyridine rings is 2. The van der Waals surface area contributed by atoms with E-state index in [1.165, 1.54) is 6.20 Å². The number of fused-ring (bicyclic) bond motifs is 2. The van der Waals surface area contributed by atoms with Gasteiger partial charge in [0, 0.05) is 24.0 Å². The van der Waals surface area contributed by atoms with E-state index in [1.807, 2.05) is 12.1 Å². The number of rotatable bonds is 4. The monoisotopic (exact) mass is 430 g/mol. The van der Waals surface area contributed by atoms with Crippen LogP contribution in [-0.2, 0) is 4.74 Å². The van der Waals surface area contributed by atoms with Crippen molar-refractivity contribution in [1.29, 1.82) is 0 Å². The van der Waals surface area contributed by atoms with Crippen molar-refractivity contribution in [2.24, 2.45) is 0 Å². The van der Waals surface area contributed by atoms with E-state index in [0.29, 0.717) is 32.8 Å². The quantitative estimate of drug-likeness (QED) is 0.469. The first-order chi connectivity index (χ1) is 14.0. The van der Waals surface area contributed by atoms with Gasteiger partial charge < -0.3 is 15.0 Å². The molecule has 0 atom stereocenters. The maximum atomic E-state index is 12.3. The second kappa shape index (κ2) is 7.42. The van der Waals surface area contributed by atoms with E-state index in [-0.39, 0.29) is 23.0 Å². The molecule has 0 amide bonds. The van der Waals surface area contributed by atoms with Crippen LogP contribution in [0.3, 0.4) is 0 Å². The van der Waals surface area contributed by atoms with Gasteiger partial charge in [0.2, 0.25) is 0 Å². The highest BCUT2D eigenvalue weighted by Crippen LogP contribution is 2.33.